The normalized spacial score (nSPS) is 12.8. The molecular formula is C14H11Br2N3S. The van der Waals surface area contributed by atoms with Crippen LogP contribution in [0, 0.1) is 0 Å². The van der Waals surface area contributed by atoms with E-state index in [1.54, 1.807) is 11.3 Å². The summed E-state index contributed by atoms with van der Waals surface area (Å²) in [5.41, 5.74) is 5.99. The molecular weight excluding hydrogens is 402 g/mol. The quantitative estimate of drug-likeness (QED) is 0.495. The van der Waals surface area contributed by atoms with Crippen LogP contribution in [0.5, 0.6) is 0 Å². The lowest BCUT2D eigenvalue weighted by Gasteiger charge is -2.16. The highest BCUT2D eigenvalue weighted by Crippen LogP contribution is 2.37. The molecule has 1 unspecified atom stereocenters. The maximum absolute atomic E-state index is 5.75. The molecule has 20 heavy (non-hydrogen) atoms. The standard InChI is InChI=1S/C14H11Br2N3S/c15-12-6-10(14(16)20-12)13(19-17)9-5-8-3-1-2-4-11(8)18-7-9/h1-7,13,19H,17H2. The van der Waals surface area contributed by atoms with Crippen LogP contribution in [-0.4, -0.2) is 4.98 Å². The zero-order valence-electron chi connectivity index (χ0n) is 10.3. The summed E-state index contributed by atoms with van der Waals surface area (Å²) in [7, 11) is 0. The summed E-state index contributed by atoms with van der Waals surface area (Å²) in [5.74, 6) is 5.75. The fourth-order valence-electron chi connectivity index (χ4n) is 2.16. The Hall–Kier alpha value is -0.790. The smallest absolute Gasteiger partial charge is 0.0762 e. The van der Waals surface area contributed by atoms with Crippen molar-refractivity contribution in [1.82, 2.24) is 10.4 Å². The Kier molecular flexibility index (Phi) is 4.18. The van der Waals surface area contributed by atoms with E-state index in [4.69, 9.17) is 5.84 Å². The van der Waals surface area contributed by atoms with Gasteiger partial charge >= 0.3 is 0 Å². The van der Waals surface area contributed by atoms with Gasteiger partial charge in [-0.05, 0) is 55.6 Å². The van der Waals surface area contributed by atoms with Crippen LogP contribution in [0.1, 0.15) is 17.2 Å². The Bertz CT molecular complexity index is 757. The molecule has 0 saturated heterocycles. The Morgan fingerprint density at radius 3 is 2.70 bits per heavy atom. The molecule has 2 aromatic heterocycles. The molecule has 0 spiro atoms. The third-order valence-electron chi connectivity index (χ3n) is 3.11. The number of hydrogen-bond acceptors (Lipinski definition) is 4. The summed E-state index contributed by atoms with van der Waals surface area (Å²) in [6.45, 7) is 0. The summed E-state index contributed by atoms with van der Waals surface area (Å²) in [6.07, 6.45) is 1.87. The number of aromatic nitrogens is 1. The molecule has 3 nitrogen and oxygen atoms in total. The minimum Gasteiger partial charge on any atom is -0.271 e. The van der Waals surface area contributed by atoms with Crippen LogP contribution in [0.3, 0.4) is 0 Å². The lowest BCUT2D eigenvalue weighted by molar-refractivity contribution is 0.635. The summed E-state index contributed by atoms with van der Waals surface area (Å²) in [6, 6.07) is 12.1. The average Bonchev–Trinajstić information content (AvgIpc) is 2.78. The van der Waals surface area contributed by atoms with Crippen molar-refractivity contribution in [3.63, 3.8) is 0 Å². The van der Waals surface area contributed by atoms with E-state index in [9.17, 15) is 0 Å². The zero-order chi connectivity index (χ0) is 14.1. The maximum Gasteiger partial charge on any atom is 0.0762 e. The van der Waals surface area contributed by atoms with Crippen LogP contribution in [-0.2, 0) is 0 Å². The molecule has 0 radical (unpaired) electrons. The van der Waals surface area contributed by atoms with E-state index in [-0.39, 0.29) is 6.04 Å². The second-order valence-corrected chi connectivity index (χ2v) is 8.09. The number of nitrogens with two attached hydrogens (primary N) is 1. The van der Waals surface area contributed by atoms with Crippen LogP contribution in [0.15, 0.2) is 50.2 Å². The van der Waals surface area contributed by atoms with E-state index in [1.807, 2.05) is 24.4 Å². The molecule has 0 amide bonds. The van der Waals surface area contributed by atoms with Crippen molar-refractivity contribution in [3.8, 4) is 0 Å². The first-order valence-electron chi connectivity index (χ1n) is 5.94. The summed E-state index contributed by atoms with van der Waals surface area (Å²) in [4.78, 5) is 4.49. The third-order valence-corrected chi connectivity index (χ3v) is 5.49. The van der Waals surface area contributed by atoms with Crippen molar-refractivity contribution >= 4 is 54.1 Å². The third kappa shape index (κ3) is 2.66. The lowest BCUT2D eigenvalue weighted by atomic mass is 10.0. The molecule has 0 aliphatic heterocycles. The van der Waals surface area contributed by atoms with Crippen molar-refractivity contribution in [2.24, 2.45) is 5.84 Å². The largest absolute Gasteiger partial charge is 0.271 e. The number of hydrazine groups is 1. The number of pyridine rings is 1. The van der Waals surface area contributed by atoms with Gasteiger partial charge in [-0.25, -0.2) is 5.43 Å². The minimum absolute atomic E-state index is 0.0935. The highest BCUT2D eigenvalue weighted by atomic mass is 79.9. The van der Waals surface area contributed by atoms with Gasteiger partial charge in [0.1, 0.15) is 0 Å². The van der Waals surface area contributed by atoms with Gasteiger partial charge in [0.25, 0.3) is 0 Å². The van der Waals surface area contributed by atoms with Crippen molar-refractivity contribution in [3.05, 3.63) is 61.3 Å². The topological polar surface area (TPSA) is 50.9 Å². The predicted octanol–water partition coefficient (Wildman–Crippen LogP) is 4.37. The van der Waals surface area contributed by atoms with Gasteiger partial charge in [-0.15, -0.1) is 11.3 Å². The predicted molar refractivity (Wildman–Crippen MR) is 90.6 cm³/mol. The molecule has 0 aliphatic rings. The van der Waals surface area contributed by atoms with Gasteiger partial charge in [0.2, 0.25) is 0 Å². The van der Waals surface area contributed by atoms with Gasteiger partial charge < -0.3 is 0 Å². The lowest BCUT2D eigenvalue weighted by Crippen LogP contribution is -2.28. The number of nitrogens with one attached hydrogen (secondary N) is 1. The van der Waals surface area contributed by atoms with E-state index < -0.39 is 0 Å². The number of rotatable bonds is 3. The van der Waals surface area contributed by atoms with Crippen LogP contribution in [0.25, 0.3) is 10.9 Å². The first-order valence-corrected chi connectivity index (χ1v) is 8.35. The van der Waals surface area contributed by atoms with Crippen molar-refractivity contribution in [2.45, 2.75) is 6.04 Å². The second-order valence-electron chi connectivity index (χ2n) is 4.34. The molecule has 1 aromatic carbocycles. The highest BCUT2D eigenvalue weighted by Gasteiger charge is 2.18. The molecule has 0 saturated carbocycles. The number of nitrogens with zero attached hydrogens (tertiary/aromatic N) is 1. The van der Waals surface area contributed by atoms with Gasteiger partial charge in [0.15, 0.2) is 0 Å². The Morgan fingerprint density at radius 2 is 2.00 bits per heavy atom. The van der Waals surface area contributed by atoms with Gasteiger partial charge in [0.05, 0.1) is 19.1 Å². The number of benzene rings is 1. The molecule has 0 fully saturated rings. The summed E-state index contributed by atoms with van der Waals surface area (Å²) < 4.78 is 2.12. The molecule has 3 N–H and O–H groups in total. The van der Waals surface area contributed by atoms with Gasteiger partial charge in [-0.1, -0.05) is 18.2 Å². The molecule has 1 atom stereocenters. The van der Waals surface area contributed by atoms with E-state index in [0.717, 1.165) is 29.6 Å². The molecule has 0 aliphatic carbocycles. The van der Waals surface area contributed by atoms with Crippen molar-refractivity contribution in [2.75, 3.05) is 0 Å². The van der Waals surface area contributed by atoms with Gasteiger partial charge in [-0.2, -0.15) is 0 Å². The summed E-state index contributed by atoms with van der Waals surface area (Å²) in [5, 5.41) is 1.11. The fraction of sp³-hybridized carbons (Fsp3) is 0.0714. The van der Waals surface area contributed by atoms with Crippen LogP contribution in [0.2, 0.25) is 0 Å². The van der Waals surface area contributed by atoms with Gasteiger partial charge in [-0.3, -0.25) is 10.8 Å². The van der Waals surface area contributed by atoms with Crippen LogP contribution < -0.4 is 11.3 Å². The monoisotopic (exact) mass is 411 g/mol. The van der Waals surface area contributed by atoms with Crippen LogP contribution >= 0.6 is 43.2 Å². The number of thiophene rings is 1. The highest BCUT2D eigenvalue weighted by molar-refractivity contribution is 9.12. The Balaban J connectivity index is 2.09. The minimum atomic E-state index is -0.0935. The Labute approximate surface area is 137 Å². The van der Waals surface area contributed by atoms with E-state index in [0.29, 0.717) is 0 Å². The molecule has 2 heterocycles. The first kappa shape index (κ1) is 14.2. The molecule has 3 aromatic rings. The summed E-state index contributed by atoms with van der Waals surface area (Å²) >= 11 is 8.70. The van der Waals surface area contributed by atoms with E-state index in [1.165, 1.54) is 0 Å². The second kappa shape index (κ2) is 5.91. The fourth-order valence-corrected chi connectivity index (χ4v) is 5.06. The zero-order valence-corrected chi connectivity index (χ0v) is 14.3. The van der Waals surface area contributed by atoms with Crippen molar-refractivity contribution < 1.29 is 0 Å². The van der Waals surface area contributed by atoms with Gasteiger partial charge in [0, 0.05) is 17.1 Å². The number of para-hydroxylation sites is 1. The van der Waals surface area contributed by atoms with E-state index in [2.05, 4.69) is 60.5 Å². The van der Waals surface area contributed by atoms with E-state index >= 15 is 0 Å². The number of hydrogen-bond donors (Lipinski definition) is 2. The molecule has 102 valence electrons. The maximum atomic E-state index is 5.75. The molecule has 3 rings (SSSR count). The Morgan fingerprint density at radius 1 is 1.20 bits per heavy atom. The number of halogens is 2. The average molecular weight is 413 g/mol. The SMILES string of the molecule is NNC(c1cnc2ccccc2c1)c1cc(Br)sc1Br. The van der Waals surface area contributed by atoms with Crippen molar-refractivity contribution in [1.29, 1.82) is 0 Å². The molecule has 6 heteroatoms. The molecule has 0 bridgehead atoms. The first-order chi connectivity index (χ1) is 9.69. The van der Waals surface area contributed by atoms with Crippen LogP contribution in [0.4, 0.5) is 0 Å². The number of fused-ring (bicyclic) bond motifs is 1.